The highest BCUT2D eigenvalue weighted by molar-refractivity contribution is 6.36. The molecular formula is C12H16ClNO2. The van der Waals surface area contributed by atoms with Crippen molar-refractivity contribution in [3.8, 4) is 0 Å². The van der Waals surface area contributed by atoms with Gasteiger partial charge in [-0.15, -0.1) is 0 Å². The van der Waals surface area contributed by atoms with Crippen LogP contribution < -0.4 is 5.73 Å². The van der Waals surface area contributed by atoms with Crippen LogP contribution in [-0.2, 0) is 4.74 Å². The average Bonchev–Trinajstić information content (AvgIpc) is 2.29. The maximum atomic E-state index is 11.8. The highest BCUT2D eigenvalue weighted by atomic mass is 35.5. The van der Waals surface area contributed by atoms with Crippen molar-refractivity contribution >= 4 is 23.3 Å². The van der Waals surface area contributed by atoms with E-state index in [0.717, 1.165) is 12.8 Å². The Kier molecular flexibility index (Phi) is 4.62. The van der Waals surface area contributed by atoms with Gasteiger partial charge in [0.2, 0.25) is 0 Å². The number of nitrogens with two attached hydrogens (primary N) is 1. The Labute approximate surface area is 101 Å². The summed E-state index contributed by atoms with van der Waals surface area (Å²) in [4.78, 5) is 11.8. The van der Waals surface area contributed by atoms with Crippen molar-refractivity contribution < 1.29 is 9.53 Å². The molecule has 0 heterocycles. The molecule has 1 aromatic rings. The van der Waals surface area contributed by atoms with Gasteiger partial charge >= 0.3 is 5.97 Å². The molecule has 2 N–H and O–H groups in total. The lowest BCUT2D eigenvalue weighted by Crippen LogP contribution is -2.17. The number of nitrogen functional groups attached to an aromatic ring is 1. The summed E-state index contributed by atoms with van der Waals surface area (Å²) in [7, 11) is 0. The number of rotatable bonds is 4. The van der Waals surface area contributed by atoms with Gasteiger partial charge in [-0.3, -0.25) is 0 Å². The quantitative estimate of drug-likeness (QED) is 0.650. The standard InChI is InChI=1S/C12H16ClNO2/c1-3-8(4-2)16-12(15)9-6-5-7-10(14)11(9)13/h5-8H,3-4,14H2,1-2H3. The van der Waals surface area contributed by atoms with Crippen LogP contribution in [0.4, 0.5) is 5.69 Å². The fourth-order valence-corrected chi connectivity index (χ4v) is 1.58. The Morgan fingerprint density at radius 1 is 1.44 bits per heavy atom. The van der Waals surface area contributed by atoms with Crippen LogP contribution in [0.5, 0.6) is 0 Å². The van der Waals surface area contributed by atoms with Gasteiger partial charge in [-0.25, -0.2) is 4.79 Å². The predicted molar refractivity (Wildman–Crippen MR) is 65.6 cm³/mol. The van der Waals surface area contributed by atoms with Crippen molar-refractivity contribution in [2.45, 2.75) is 32.8 Å². The highest BCUT2D eigenvalue weighted by Crippen LogP contribution is 2.24. The minimum Gasteiger partial charge on any atom is -0.459 e. The third kappa shape index (κ3) is 2.89. The molecular weight excluding hydrogens is 226 g/mol. The van der Waals surface area contributed by atoms with E-state index in [1.54, 1.807) is 18.2 Å². The van der Waals surface area contributed by atoms with Crippen molar-refractivity contribution in [3.63, 3.8) is 0 Å². The van der Waals surface area contributed by atoms with E-state index in [4.69, 9.17) is 22.1 Å². The molecule has 0 aliphatic rings. The normalized spacial score (nSPS) is 10.5. The van der Waals surface area contributed by atoms with Crippen LogP contribution in [0.15, 0.2) is 18.2 Å². The number of esters is 1. The van der Waals surface area contributed by atoms with Crippen molar-refractivity contribution in [1.82, 2.24) is 0 Å². The molecule has 0 aromatic heterocycles. The zero-order chi connectivity index (χ0) is 12.1. The smallest absolute Gasteiger partial charge is 0.340 e. The first-order valence-corrected chi connectivity index (χ1v) is 5.72. The van der Waals surface area contributed by atoms with E-state index in [-0.39, 0.29) is 11.1 Å². The molecule has 0 aliphatic heterocycles. The molecule has 0 amide bonds. The van der Waals surface area contributed by atoms with E-state index < -0.39 is 5.97 Å². The minimum atomic E-state index is -0.411. The monoisotopic (exact) mass is 241 g/mol. The second-order valence-electron chi connectivity index (χ2n) is 3.55. The molecule has 0 saturated heterocycles. The molecule has 88 valence electrons. The lowest BCUT2D eigenvalue weighted by atomic mass is 10.2. The predicted octanol–water partition coefficient (Wildman–Crippen LogP) is 3.27. The number of carbonyl (C=O) groups excluding carboxylic acids is 1. The van der Waals surface area contributed by atoms with E-state index in [0.29, 0.717) is 11.3 Å². The maximum Gasteiger partial charge on any atom is 0.340 e. The maximum absolute atomic E-state index is 11.8. The van der Waals surface area contributed by atoms with E-state index >= 15 is 0 Å². The molecule has 1 aromatic carbocycles. The Bertz CT molecular complexity index is 375. The molecule has 4 heteroatoms. The first-order chi connectivity index (χ1) is 7.60. The first-order valence-electron chi connectivity index (χ1n) is 5.35. The van der Waals surface area contributed by atoms with Crippen molar-refractivity contribution in [3.05, 3.63) is 28.8 Å². The van der Waals surface area contributed by atoms with E-state index in [1.807, 2.05) is 13.8 Å². The summed E-state index contributed by atoms with van der Waals surface area (Å²) in [6, 6.07) is 4.95. The molecule has 0 spiro atoms. The zero-order valence-electron chi connectivity index (χ0n) is 9.50. The lowest BCUT2D eigenvalue weighted by molar-refractivity contribution is 0.0284. The SMILES string of the molecule is CCC(CC)OC(=O)c1cccc(N)c1Cl. The molecule has 0 bridgehead atoms. The van der Waals surface area contributed by atoms with Crippen molar-refractivity contribution in [2.24, 2.45) is 0 Å². The molecule has 0 radical (unpaired) electrons. The second kappa shape index (κ2) is 5.75. The zero-order valence-corrected chi connectivity index (χ0v) is 10.3. The van der Waals surface area contributed by atoms with Crippen LogP contribution >= 0.6 is 11.6 Å². The molecule has 0 atom stereocenters. The van der Waals surface area contributed by atoms with Crippen LogP contribution in [0.1, 0.15) is 37.0 Å². The van der Waals surface area contributed by atoms with Crippen LogP contribution in [0.3, 0.4) is 0 Å². The summed E-state index contributed by atoms with van der Waals surface area (Å²) in [6.45, 7) is 3.95. The van der Waals surface area contributed by atoms with Crippen molar-refractivity contribution in [2.75, 3.05) is 5.73 Å². The van der Waals surface area contributed by atoms with Gasteiger partial charge in [0.15, 0.2) is 0 Å². The van der Waals surface area contributed by atoms with Crippen LogP contribution in [0.25, 0.3) is 0 Å². The van der Waals surface area contributed by atoms with E-state index in [1.165, 1.54) is 0 Å². The van der Waals surface area contributed by atoms with Crippen molar-refractivity contribution in [1.29, 1.82) is 0 Å². The van der Waals surface area contributed by atoms with Gasteiger partial charge in [-0.1, -0.05) is 31.5 Å². The number of hydrogen-bond donors (Lipinski definition) is 1. The third-order valence-electron chi connectivity index (χ3n) is 2.43. The van der Waals surface area contributed by atoms with Gasteiger partial charge in [0.05, 0.1) is 16.3 Å². The lowest BCUT2D eigenvalue weighted by Gasteiger charge is -2.14. The minimum absolute atomic E-state index is 0.0648. The summed E-state index contributed by atoms with van der Waals surface area (Å²) in [5, 5.41) is 0.262. The molecule has 0 aliphatic carbocycles. The Balaban J connectivity index is 2.84. The average molecular weight is 242 g/mol. The molecule has 0 fully saturated rings. The number of ether oxygens (including phenoxy) is 1. The Morgan fingerprint density at radius 3 is 2.62 bits per heavy atom. The summed E-state index contributed by atoms with van der Waals surface area (Å²) in [5.74, 6) is -0.411. The number of benzene rings is 1. The second-order valence-corrected chi connectivity index (χ2v) is 3.93. The van der Waals surface area contributed by atoms with Crippen LogP contribution in [-0.4, -0.2) is 12.1 Å². The molecule has 0 saturated carbocycles. The molecule has 0 unspecified atom stereocenters. The summed E-state index contributed by atoms with van der Waals surface area (Å²) in [6.07, 6.45) is 1.52. The topological polar surface area (TPSA) is 52.3 Å². The molecule has 1 rings (SSSR count). The summed E-state index contributed by atoms with van der Waals surface area (Å²) >= 11 is 5.93. The van der Waals surface area contributed by atoms with Gasteiger partial charge in [0.1, 0.15) is 6.10 Å². The molecule has 16 heavy (non-hydrogen) atoms. The fourth-order valence-electron chi connectivity index (χ4n) is 1.38. The number of hydrogen-bond acceptors (Lipinski definition) is 3. The summed E-state index contributed by atoms with van der Waals surface area (Å²) < 4.78 is 5.29. The van der Waals surface area contributed by atoms with Gasteiger partial charge in [-0.05, 0) is 25.0 Å². The summed E-state index contributed by atoms with van der Waals surface area (Å²) in [5.41, 5.74) is 6.33. The van der Waals surface area contributed by atoms with Crippen LogP contribution in [0.2, 0.25) is 5.02 Å². The molecule has 3 nitrogen and oxygen atoms in total. The van der Waals surface area contributed by atoms with E-state index in [9.17, 15) is 4.79 Å². The number of anilines is 1. The Morgan fingerprint density at radius 2 is 2.06 bits per heavy atom. The third-order valence-corrected chi connectivity index (χ3v) is 2.85. The largest absolute Gasteiger partial charge is 0.459 e. The van der Waals surface area contributed by atoms with Gasteiger partial charge in [-0.2, -0.15) is 0 Å². The Hall–Kier alpha value is -1.22. The van der Waals surface area contributed by atoms with Crippen LogP contribution in [0, 0.1) is 0 Å². The van der Waals surface area contributed by atoms with Gasteiger partial charge < -0.3 is 10.5 Å². The van der Waals surface area contributed by atoms with E-state index in [2.05, 4.69) is 0 Å². The van der Waals surface area contributed by atoms with Gasteiger partial charge in [0.25, 0.3) is 0 Å². The number of carbonyl (C=O) groups is 1. The van der Waals surface area contributed by atoms with Gasteiger partial charge in [0, 0.05) is 0 Å². The number of halogens is 1. The fraction of sp³-hybridized carbons (Fsp3) is 0.417. The highest BCUT2D eigenvalue weighted by Gasteiger charge is 2.16. The first kappa shape index (κ1) is 12.8.